The molecule has 0 aliphatic heterocycles. The van der Waals surface area contributed by atoms with E-state index in [1.165, 1.54) is 0 Å². The van der Waals surface area contributed by atoms with Crippen molar-refractivity contribution in [2.45, 2.75) is 13.5 Å². The van der Waals surface area contributed by atoms with E-state index < -0.39 is 0 Å². The lowest BCUT2D eigenvalue weighted by Crippen LogP contribution is -2.04. The second-order valence-electron chi connectivity index (χ2n) is 3.68. The van der Waals surface area contributed by atoms with Gasteiger partial charge in [0.1, 0.15) is 0 Å². The van der Waals surface area contributed by atoms with Gasteiger partial charge in [0.25, 0.3) is 0 Å². The molecule has 6 nitrogen and oxygen atoms in total. The van der Waals surface area contributed by atoms with E-state index >= 15 is 0 Å². The summed E-state index contributed by atoms with van der Waals surface area (Å²) in [7, 11) is 3.51. The van der Waals surface area contributed by atoms with Gasteiger partial charge < -0.3 is 10.1 Å². The van der Waals surface area contributed by atoms with Crippen LogP contribution >= 0.6 is 0 Å². The van der Waals surface area contributed by atoms with Gasteiger partial charge in [0.15, 0.2) is 5.75 Å². The van der Waals surface area contributed by atoms with Crippen molar-refractivity contribution in [3.05, 3.63) is 29.8 Å². The van der Waals surface area contributed by atoms with E-state index in [4.69, 9.17) is 4.74 Å². The first kappa shape index (κ1) is 11.4. The Balaban J connectivity index is 2.00. The lowest BCUT2D eigenvalue weighted by Gasteiger charge is -2.04. The zero-order valence-electron chi connectivity index (χ0n) is 10.1. The summed E-state index contributed by atoms with van der Waals surface area (Å²) >= 11 is 0. The van der Waals surface area contributed by atoms with Crippen LogP contribution in [0.15, 0.2) is 18.6 Å². The van der Waals surface area contributed by atoms with Crippen LogP contribution in [-0.4, -0.2) is 26.9 Å². The van der Waals surface area contributed by atoms with Crippen molar-refractivity contribution in [2.24, 2.45) is 7.05 Å². The Morgan fingerprint density at radius 1 is 1.29 bits per heavy atom. The van der Waals surface area contributed by atoms with E-state index in [0.717, 1.165) is 11.3 Å². The molecule has 0 saturated carbocycles. The van der Waals surface area contributed by atoms with Gasteiger partial charge in [-0.05, 0) is 6.92 Å². The second kappa shape index (κ2) is 4.82. The zero-order chi connectivity index (χ0) is 12.3. The SMILES string of the molecule is COc1cnc(NCc2cnn(C)c2C)nc1. The van der Waals surface area contributed by atoms with Crippen LogP contribution in [0.3, 0.4) is 0 Å². The summed E-state index contributed by atoms with van der Waals surface area (Å²) in [6, 6.07) is 0. The van der Waals surface area contributed by atoms with Crippen molar-refractivity contribution < 1.29 is 4.74 Å². The number of aryl methyl sites for hydroxylation is 1. The summed E-state index contributed by atoms with van der Waals surface area (Å²) in [5.74, 6) is 1.22. The third-order valence-electron chi connectivity index (χ3n) is 2.64. The van der Waals surface area contributed by atoms with E-state index in [9.17, 15) is 0 Å². The minimum Gasteiger partial charge on any atom is -0.494 e. The average Bonchev–Trinajstić information content (AvgIpc) is 2.68. The maximum absolute atomic E-state index is 4.99. The van der Waals surface area contributed by atoms with E-state index in [1.807, 2.05) is 24.9 Å². The lowest BCUT2D eigenvalue weighted by atomic mass is 10.2. The third kappa shape index (κ3) is 2.52. The number of methoxy groups -OCH3 is 1. The first-order valence-corrected chi connectivity index (χ1v) is 5.28. The molecule has 0 amide bonds. The highest BCUT2D eigenvalue weighted by Gasteiger charge is 2.04. The van der Waals surface area contributed by atoms with Crippen LogP contribution in [0.5, 0.6) is 5.75 Å². The molecule has 2 rings (SSSR count). The molecule has 0 bridgehead atoms. The average molecular weight is 233 g/mol. The number of nitrogens with zero attached hydrogens (tertiary/aromatic N) is 4. The van der Waals surface area contributed by atoms with Gasteiger partial charge in [-0.2, -0.15) is 5.10 Å². The Kier molecular flexibility index (Phi) is 3.22. The van der Waals surface area contributed by atoms with Gasteiger partial charge in [-0.25, -0.2) is 9.97 Å². The van der Waals surface area contributed by atoms with Crippen LogP contribution < -0.4 is 10.1 Å². The molecule has 1 N–H and O–H groups in total. The largest absolute Gasteiger partial charge is 0.494 e. The van der Waals surface area contributed by atoms with Gasteiger partial charge in [0.2, 0.25) is 5.95 Å². The van der Waals surface area contributed by atoms with Crippen LogP contribution in [0.4, 0.5) is 5.95 Å². The third-order valence-corrected chi connectivity index (χ3v) is 2.64. The molecule has 2 heterocycles. The monoisotopic (exact) mass is 233 g/mol. The molecule has 0 aliphatic carbocycles. The summed E-state index contributed by atoms with van der Waals surface area (Å²) < 4.78 is 6.83. The number of nitrogens with one attached hydrogen (secondary N) is 1. The number of ether oxygens (including phenoxy) is 1. The molecule has 0 aliphatic rings. The standard InChI is InChI=1S/C11H15N5O/c1-8-9(5-15-16(8)2)4-12-11-13-6-10(17-3)7-14-11/h5-7H,4H2,1-3H3,(H,12,13,14). The van der Waals surface area contributed by atoms with Gasteiger partial charge in [-0.1, -0.05) is 0 Å². The van der Waals surface area contributed by atoms with Crippen molar-refractivity contribution in [3.8, 4) is 5.75 Å². The van der Waals surface area contributed by atoms with Crippen LogP contribution in [0.1, 0.15) is 11.3 Å². The Hall–Kier alpha value is -2.11. The first-order valence-electron chi connectivity index (χ1n) is 5.28. The Labute approximate surface area is 99.7 Å². The molecule has 0 saturated heterocycles. The van der Waals surface area contributed by atoms with E-state index in [0.29, 0.717) is 18.2 Å². The summed E-state index contributed by atoms with van der Waals surface area (Å²) in [4.78, 5) is 8.25. The fraction of sp³-hybridized carbons (Fsp3) is 0.364. The van der Waals surface area contributed by atoms with Gasteiger partial charge in [-0.3, -0.25) is 4.68 Å². The van der Waals surface area contributed by atoms with E-state index in [2.05, 4.69) is 20.4 Å². The number of anilines is 1. The summed E-state index contributed by atoms with van der Waals surface area (Å²) in [6.45, 7) is 2.69. The molecular formula is C11H15N5O. The van der Waals surface area contributed by atoms with Crippen LogP contribution in [0.25, 0.3) is 0 Å². The highest BCUT2D eigenvalue weighted by molar-refractivity contribution is 5.29. The molecule has 0 radical (unpaired) electrons. The topological polar surface area (TPSA) is 64.9 Å². The minimum atomic E-state index is 0.578. The Morgan fingerprint density at radius 3 is 2.53 bits per heavy atom. The predicted molar refractivity (Wildman–Crippen MR) is 63.9 cm³/mol. The van der Waals surface area contributed by atoms with Crippen molar-refractivity contribution in [3.63, 3.8) is 0 Å². The molecule has 0 spiro atoms. The molecule has 0 fully saturated rings. The summed E-state index contributed by atoms with van der Waals surface area (Å²) in [5.41, 5.74) is 2.26. The molecule has 6 heteroatoms. The molecule has 0 unspecified atom stereocenters. The quantitative estimate of drug-likeness (QED) is 0.857. The van der Waals surface area contributed by atoms with Crippen molar-refractivity contribution >= 4 is 5.95 Å². The molecule has 0 atom stereocenters. The first-order chi connectivity index (χ1) is 8.20. The maximum atomic E-state index is 4.99. The molecular weight excluding hydrogens is 218 g/mol. The minimum absolute atomic E-state index is 0.578. The normalized spacial score (nSPS) is 10.3. The summed E-state index contributed by atoms with van der Waals surface area (Å²) in [6.07, 6.45) is 5.10. The predicted octanol–water partition coefficient (Wildman–Crippen LogP) is 1.14. The molecule has 17 heavy (non-hydrogen) atoms. The summed E-state index contributed by atoms with van der Waals surface area (Å²) in [5, 5.41) is 7.31. The van der Waals surface area contributed by atoms with Gasteiger partial charge in [0.05, 0.1) is 25.7 Å². The fourth-order valence-corrected chi connectivity index (χ4v) is 1.40. The van der Waals surface area contributed by atoms with Gasteiger partial charge in [-0.15, -0.1) is 0 Å². The molecule has 2 aromatic rings. The Morgan fingerprint density at radius 2 is 2.00 bits per heavy atom. The highest BCUT2D eigenvalue weighted by Crippen LogP contribution is 2.10. The Bertz CT molecular complexity index is 491. The number of rotatable bonds is 4. The fourth-order valence-electron chi connectivity index (χ4n) is 1.40. The lowest BCUT2D eigenvalue weighted by molar-refractivity contribution is 0.411. The van der Waals surface area contributed by atoms with Crippen LogP contribution in [0.2, 0.25) is 0 Å². The number of hydrogen-bond donors (Lipinski definition) is 1. The molecule has 0 aromatic carbocycles. The van der Waals surface area contributed by atoms with Gasteiger partial charge >= 0.3 is 0 Å². The zero-order valence-corrected chi connectivity index (χ0v) is 10.1. The molecule has 2 aromatic heterocycles. The van der Waals surface area contributed by atoms with Crippen molar-refractivity contribution in [1.82, 2.24) is 19.7 Å². The smallest absolute Gasteiger partial charge is 0.223 e. The highest BCUT2D eigenvalue weighted by atomic mass is 16.5. The number of hydrogen-bond acceptors (Lipinski definition) is 5. The van der Waals surface area contributed by atoms with Crippen LogP contribution in [0, 0.1) is 6.92 Å². The van der Waals surface area contributed by atoms with Gasteiger partial charge in [0, 0.05) is 24.8 Å². The van der Waals surface area contributed by atoms with E-state index in [1.54, 1.807) is 19.5 Å². The molecule has 90 valence electrons. The maximum Gasteiger partial charge on any atom is 0.223 e. The van der Waals surface area contributed by atoms with E-state index in [-0.39, 0.29) is 0 Å². The second-order valence-corrected chi connectivity index (χ2v) is 3.68. The van der Waals surface area contributed by atoms with Crippen molar-refractivity contribution in [1.29, 1.82) is 0 Å². The van der Waals surface area contributed by atoms with Crippen molar-refractivity contribution in [2.75, 3.05) is 12.4 Å². The number of aromatic nitrogens is 4. The van der Waals surface area contributed by atoms with Crippen LogP contribution in [-0.2, 0) is 13.6 Å².